The van der Waals surface area contributed by atoms with Crippen LogP contribution in [0.1, 0.15) is 23.7 Å². The van der Waals surface area contributed by atoms with E-state index in [0.717, 1.165) is 13.0 Å². The number of benzene rings is 2. The third kappa shape index (κ3) is 6.26. The standard InChI is InChI=1S/C19H25N3O4S/c1-3-26-17-9-11-18(12-10-17)27(24,25)22-16-7-5-15(6-8-16)19(23)21-14-4-13-20-2/h5-12,20,22H,3-4,13-14H2,1-2H3,(H,21,23). The molecule has 2 rings (SSSR count). The summed E-state index contributed by atoms with van der Waals surface area (Å²) in [6.07, 6.45) is 0.836. The Morgan fingerprint density at radius 1 is 1.00 bits per heavy atom. The average molecular weight is 391 g/mol. The zero-order valence-corrected chi connectivity index (χ0v) is 16.3. The summed E-state index contributed by atoms with van der Waals surface area (Å²) in [6, 6.07) is 12.5. The molecule has 0 aromatic heterocycles. The van der Waals surface area contributed by atoms with Gasteiger partial charge in [0.05, 0.1) is 11.5 Å². The molecule has 0 aliphatic rings. The van der Waals surface area contributed by atoms with Crippen LogP contribution in [0, 0.1) is 0 Å². The van der Waals surface area contributed by atoms with Crippen molar-refractivity contribution in [2.24, 2.45) is 0 Å². The van der Waals surface area contributed by atoms with E-state index in [0.29, 0.717) is 30.2 Å². The first-order valence-corrected chi connectivity index (χ1v) is 10.2. The van der Waals surface area contributed by atoms with Crippen molar-refractivity contribution in [2.45, 2.75) is 18.2 Å². The van der Waals surface area contributed by atoms with Crippen molar-refractivity contribution < 1.29 is 17.9 Å². The van der Waals surface area contributed by atoms with Crippen molar-refractivity contribution in [1.29, 1.82) is 0 Å². The molecule has 0 aliphatic heterocycles. The average Bonchev–Trinajstić information content (AvgIpc) is 2.66. The number of rotatable bonds is 10. The Bertz CT molecular complexity index is 834. The molecule has 8 heteroatoms. The Morgan fingerprint density at radius 2 is 1.67 bits per heavy atom. The third-order valence-corrected chi connectivity index (χ3v) is 5.13. The van der Waals surface area contributed by atoms with Crippen molar-refractivity contribution in [3.8, 4) is 5.75 Å². The van der Waals surface area contributed by atoms with E-state index in [1.54, 1.807) is 36.4 Å². The lowest BCUT2D eigenvalue weighted by Gasteiger charge is -2.10. The number of hydrogen-bond acceptors (Lipinski definition) is 5. The number of hydrogen-bond donors (Lipinski definition) is 3. The molecule has 2 aromatic carbocycles. The monoisotopic (exact) mass is 391 g/mol. The van der Waals surface area contributed by atoms with E-state index in [4.69, 9.17) is 4.74 Å². The minimum Gasteiger partial charge on any atom is -0.494 e. The van der Waals surface area contributed by atoms with Gasteiger partial charge in [0.2, 0.25) is 0 Å². The summed E-state index contributed by atoms with van der Waals surface area (Å²) in [5.74, 6) is 0.425. The predicted octanol–water partition coefficient (Wildman–Crippen LogP) is 2.23. The summed E-state index contributed by atoms with van der Waals surface area (Å²) in [7, 11) is -1.86. The highest BCUT2D eigenvalue weighted by Gasteiger charge is 2.14. The highest BCUT2D eigenvalue weighted by molar-refractivity contribution is 7.92. The minimum atomic E-state index is -3.71. The molecule has 27 heavy (non-hydrogen) atoms. The van der Waals surface area contributed by atoms with Gasteiger partial charge in [0.15, 0.2) is 0 Å². The predicted molar refractivity (Wildman–Crippen MR) is 106 cm³/mol. The van der Waals surface area contributed by atoms with E-state index in [2.05, 4.69) is 15.4 Å². The Kier molecular flexibility index (Phi) is 7.63. The Morgan fingerprint density at radius 3 is 2.26 bits per heavy atom. The zero-order chi connectivity index (χ0) is 19.7. The second kappa shape index (κ2) is 9.94. The maximum Gasteiger partial charge on any atom is 0.261 e. The van der Waals surface area contributed by atoms with Gasteiger partial charge in [-0.1, -0.05) is 0 Å². The second-order valence-electron chi connectivity index (χ2n) is 5.80. The van der Waals surface area contributed by atoms with Crippen LogP contribution in [0.4, 0.5) is 5.69 Å². The van der Waals surface area contributed by atoms with Crippen LogP contribution >= 0.6 is 0 Å². The summed E-state index contributed by atoms with van der Waals surface area (Å²) < 4.78 is 32.7. The Labute approximate surface area is 160 Å². The molecule has 7 nitrogen and oxygen atoms in total. The topological polar surface area (TPSA) is 96.5 Å². The lowest BCUT2D eigenvalue weighted by molar-refractivity contribution is 0.0953. The maximum absolute atomic E-state index is 12.5. The summed E-state index contributed by atoms with van der Waals surface area (Å²) in [5.41, 5.74) is 0.860. The van der Waals surface area contributed by atoms with E-state index in [9.17, 15) is 13.2 Å². The highest BCUT2D eigenvalue weighted by atomic mass is 32.2. The van der Waals surface area contributed by atoms with E-state index >= 15 is 0 Å². The fourth-order valence-electron chi connectivity index (χ4n) is 2.35. The fraction of sp³-hybridized carbons (Fsp3) is 0.316. The first-order chi connectivity index (χ1) is 13.0. The van der Waals surface area contributed by atoms with E-state index in [-0.39, 0.29) is 10.8 Å². The van der Waals surface area contributed by atoms with Gasteiger partial charge in [0, 0.05) is 17.8 Å². The SMILES string of the molecule is CCOc1ccc(S(=O)(=O)Nc2ccc(C(=O)NCCCNC)cc2)cc1. The molecule has 0 aliphatic carbocycles. The Hall–Kier alpha value is -2.58. The first kappa shape index (κ1) is 20.7. The summed E-state index contributed by atoms with van der Waals surface area (Å²) in [6.45, 7) is 3.77. The molecule has 0 atom stereocenters. The van der Waals surface area contributed by atoms with Crippen LogP contribution in [0.5, 0.6) is 5.75 Å². The van der Waals surface area contributed by atoms with Crippen LogP contribution in [-0.4, -0.2) is 41.1 Å². The zero-order valence-electron chi connectivity index (χ0n) is 15.5. The maximum atomic E-state index is 12.5. The van der Waals surface area contributed by atoms with Gasteiger partial charge < -0.3 is 15.4 Å². The molecule has 146 valence electrons. The van der Waals surface area contributed by atoms with Crippen LogP contribution < -0.4 is 20.1 Å². The molecule has 1 amide bonds. The van der Waals surface area contributed by atoms with Crippen molar-refractivity contribution in [1.82, 2.24) is 10.6 Å². The van der Waals surface area contributed by atoms with E-state index in [1.165, 1.54) is 12.1 Å². The molecule has 0 fully saturated rings. The molecule has 0 unspecified atom stereocenters. The lowest BCUT2D eigenvalue weighted by Crippen LogP contribution is -2.26. The van der Waals surface area contributed by atoms with Gasteiger partial charge in [-0.3, -0.25) is 9.52 Å². The van der Waals surface area contributed by atoms with Crippen molar-refractivity contribution in [3.05, 3.63) is 54.1 Å². The Balaban J connectivity index is 1.99. The number of carbonyl (C=O) groups is 1. The number of amides is 1. The van der Waals surface area contributed by atoms with Crippen molar-refractivity contribution in [2.75, 3.05) is 31.5 Å². The van der Waals surface area contributed by atoms with E-state index in [1.807, 2.05) is 14.0 Å². The summed E-state index contributed by atoms with van der Waals surface area (Å²) >= 11 is 0. The van der Waals surface area contributed by atoms with Crippen LogP contribution in [0.25, 0.3) is 0 Å². The third-order valence-electron chi connectivity index (χ3n) is 3.73. The smallest absolute Gasteiger partial charge is 0.261 e. The van der Waals surface area contributed by atoms with Crippen LogP contribution in [0.15, 0.2) is 53.4 Å². The highest BCUT2D eigenvalue weighted by Crippen LogP contribution is 2.19. The van der Waals surface area contributed by atoms with Gasteiger partial charge in [0.25, 0.3) is 15.9 Å². The van der Waals surface area contributed by atoms with Crippen LogP contribution in [0.2, 0.25) is 0 Å². The molecular formula is C19H25N3O4S. The van der Waals surface area contributed by atoms with Gasteiger partial charge in [-0.15, -0.1) is 0 Å². The van der Waals surface area contributed by atoms with Crippen molar-refractivity contribution in [3.63, 3.8) is 0 Å². The molecule has 2 aromatic rings. The summed E-state index contributed by atoms with van der Waals surface area (Å²) in [4.78, 5) is 12.2. The molecule has 3 N–H and O–H groups in total. The van der Waals surface area contributed by atoms with Crippen LogP contribution in [0.3, 0.4) is 0 Å². The molecular weight excluding hydrogens is 366 g/mol. The number of carbonyl (C=O) groups excluding carboxylic acids is 1. The van der Waals surface area contributed by atoms with Crippen molar-refractivity contribution >= 4 is 21.6 Å². The first-order valence-electron chi connectivity index (χ1n) is 8.75. The number of nitrogens with one attached hydrogen (secondary N) is 3. The number of anilines is 1. The van der Waals surface area contributed by atoms with Gasteiger partial charge in [-0.05, 0) is 75.5 Å². The lowest BCUT2D eigenvalue weighted by atomic mass is 10.2. The van der Waals surface area contributed by atoms with Gasteiger partial charge in [-0.25, -0.2) is 8.42 Å². The fourth-order valence-corrected chi connectivity index (χ4v) is 3.41. The number of ether oxygens (including phenoxy) is 1. The summed E-state index contributed by atoms with van der Waals surface area (Å²) in [5, 5.41) is 5.82. The molecule has 0 radical (unpaired) electrons. The van der Waals surface area contributed by atoms with Gasteiger partial charge >= 0.3 is 0 Å². The minimum absolute atomic E-state index is 0.136. The molecule has 0 bridgehead atoms. The largest absolute Gasteiger partial charge is 0.494 e. The molecule has 0 spiro atoms. The number of sulfonamides is 1. The normalized spacial score (nSPS) is 11.0. The molecule has 0 saturated carbocycles. The molecule has 0 heterocycles. The van der Waals surface area contributed by atoms with Gasteiger partial charge in [0.1, 0.15) is 5.75 Å². The van der Waals surface area contributed by atoms with Gasteiger partial charge in [-0.2, -0.15) is 0 Å². The van der Waals surface area contributed by atoms with Crippen LogP contribution in [-0.2, 0) is 10.0 Å². The second-order valence-corrected chi connectivity index (χ2v) is 7.48. The molecule has 0 saturated heterocycles. The quantitative estimate of drug-likeness (QED) is 0.540. The van der Waals surface area contributed by atoms with E-state index < -0.39 is 10.0 Å².